The van der Waals surface area contributed by atoms with E-state index in [0.717, 1.165) is 0 Å². The molecule has 1 amide bonds. The summed E-state index contributed by atoms with van der Waals surface area (Å²) in [7, 11) is 1.65. The SMILES string of the molecule is CCC1C(=O)N(C)c2cnc(-n3ccnc3-c3ccc(F)cc3)nc2N1C1CCC(F)(F)C1. The number of amides is 1. The minimum absolute atomic E-state index is 0.161. The number of alkyl halides is 2. The molecule has 2 atom stereocenters. The Hall–Kier alpha value is -3.43. The molecule has 7 nitrogen and oxygen atoms in total. The van der Waals surface area contributed by atoms with Gasteiger partial charge in [0.05, 0.1) is 6.20 Å². The molecule has 1 aromatic carbocycles. The molecule has 3 heterocycles. The molecule has 2 aliphatic rings. The summed E-state index contributed by atoms with van der Waals surface area (Å²) in [6.45, 7) is 1.87. The van der Waals surface area contributed by atoms with Crippen LogP contribution >= 0.6 is 0 Å². The summed E-state index contributed by atoms with van der Waals surface area (Å²) in [6, 6.07) is 4.83. The Morgan fingerprint density at radius 2 is 1.94 bits per heavy atom. The normalized spacial score (nSPS) is 22.0. The van der Waals surface area contributed by atoms with Gasteiger partial charge in [0.15, 0.2) is 5.82 Å². The third-order valence-corrected chi connectivity index (χ3v) is 6.41. The Morgan fingerprint density at radius 1 is 1.18 bits per heavy atom. The molecule has 0 saturated heterocycles. The van der Waals surface area contributed by atoms with Gasteiger partial charge >= 0.3 is 0 Å². The van der Waals surface area contributed by atoms with Crippen LogP contribution in [-0.4, -0.2) is 50.5 Å². The predicted octanol–water partition coefficient (Wildman–Crippen LogP) is 4.22. The van der Waals surface area contributed by atoms with Crippen LogP contribution in [0.1, 0.15) is 32.6 Å². The molecule has 1 aliphatic heterocycles. The molecule has 33 heavy (non-hydrogen) atoms. The maximum atomic E-state index is 14.1. The maximum Gasteiger partial charge on any atom is 0.250 e. The van der Waals surface area contributed by atoms with E-state index in [1.807, 2.05) is 6.92 Å². The van der Waals surface area contributed by atoms with Crippen LogP contribution in [0.25, 0.3) is 17.3 Å². The van der Waals surface area contributed by atoms with Crippen molar-refractivity contribution < 1.29 is 18.0 Å². The minimum Gasteiger partial charge on any atom is -0.339 e. The van der Waals surface area contributed by atoms with Crippen molar-refractivity contribution in [2.75, 3.05) is 16.8 Å². The van der Waals surface area contributed by atoms with Crippen molar-refractivity contribution in [2.45, 2.75) is 50.6 Å². The zero-order valence-corrected chi connectivity index (χ0v) is 18.3. The second-order valence-electron chi connectivity index (χ2n) is 8.49. The van der Waals surface area contributed by atoms with Gasteiger partial charge in [-0.25, -0.2) is 23.1 Å². The van der Waals surface area contributed by atoms with Crippen molar-refractivity contribution in [3.05, 3.63) is 48.7 Å². The molecule has 0 spiro atoms. The second kappa shape index (κ2) is 7.86. The highest BCUT2D eigenvalue weighted by molar-refractivity contribution is 6.04. The van der Waals surface area contributed by atoms with Gasteiger partial charge in [-0.3, -0.25) is 9.36 Å². The fraction of sp³-hybridized carbons (Fsp3) is 0.391. The molecule has 3 aromatic rings. The van der Waals surface area contributed by atoms with Crippen molar-refractivity contribution in [1.29, 1.82) is 0 Å². The molecular formula is C23H23F3N6O. The van der Waals surface area contributed by atoms with E-state index in [2.05, 4.69) is 9.97 Å². The predicted molar refractivity (Wildman–Crippen MR) is 117 cm³/mol. The maximum absolute atomic E-state index is 14.1. The summed E-state index contributed by atoms with van der Waals surface area (Å²) in [5, 5.41) is 0. The van der Waals surface area contributed by atoms with Crippen LogP contribution in [0.2, 0.25) is 0 Å². The van der Waals surface area contributed by atoms with Gasteiger partial charge < -0.3 is 9.80 Å². The van der Waals surface area contributed by atoms with Gasteiger partial charge in [-0.1, -0.05) is 6.92 Å². The van der Waals surface area contributed by atoms with E-state index in [-0.39, 0.29) is 36.9 Å². The molecule has 0 N–H and O–H groups in total. The molecular weight excluding hydrogens is 433 g/mol. The molecule has 1 saturated carbocycles. The van der Waals surface area contributed by atoms with Crippen LogP contribution < -0.4 is 9.80 Å². The lowest BCUT2D eigenvalue weighted by molar-refractivity contribution is -0.120. The van der Waals surface area contributed by atoms with Crippen LogP contribution in [0.4, 0.5) is 24.7 Å². The monoisotopic (exact) mass is 456 g/mol. The summed E-state index contributed by atoms with van der Waals surface area (Å²) < 4.78 is 43.3. The van der Waals surface area contributed by atoms with Crippen LogP contribution in [0.15, 0.2) is 42.9 Å². The minimum atomic E-state index is -2.76. The topological polar surface area (TPSA) is 67.2 Å². The van der Waals surface area contributed by atoms with Crippen LogP contribution in [0.5, 0.6) is 0 Å². The Kier molecular flexibility index (Phi) is 5.10. The average Bonchev–Trinajstić information content (AvgIpc) is 3.42. The van der Waals surface area contributed by atoms with Crippen LogP contribution in [0, 0.1) is 5.82 Å². The van der Waals surface area contributed by atoms with Crippen molar-refractivity contribution in [1.82, 2.24) is 19.5 Å². The third-order valence-electron chi connectivity index (χ3n) is 6.41. The van der Waals surface area contributed by atoms with Gasteiger partial charge in [0.2, 0.25) is 17.8 Å². The molecule has 10 heteroatoms. The average molecular weight is 456 g/mol. The van der Waals surface area contributed by atoms with Crippen molar-refractivity contribution in [3.63, 3.8) is 0 Å². The van der Waals surface area contributed by atoms with Crippen molar-refractivity contribution >= 4 is 17.4 Å². The first-order chi connectivity index (χ1) is 15.8. The Labute approximate surface area is 188 Å². The number of benzene rings is 1. The highest BCUT2D eigenvalue weighted by Crippen LogP contribution is 2.44. The van der Waals surface area contributed by atoms with E-state index in [4.69, 9.17) is 4.98 Å². The van der Waals surface area contributed by atoms with Gasteiger partial charge in [-0.15, -0.1) is 0 Å². The number of anilines is 2. The van der Waals surface area contributed by atoms with Gasteiger partial charge in [-0.2, -0.15) is 4.98 Å². The zero-order valence-electron chi connectivity index (χ0n) is 18.3. The summed E-state index contributed by atoms with van der Waals surface area (Å²) in [6.07, 6.45) is 5.03. The van der Waals surface area contributed by atoms with Gasteiger partial charge in [0.1, 0.15) is 23.4 Å². The molecule has 2 aromatic heterocycles. The van der Waals surface area contributed by atoms with Gasteiger partial charge in [0.25, 0.3) is 0 Å². The summed E-state index contributed by atoms with van der Waals surface area (Å²) in [5.74, 6) is -2.02. The van der Waals surface area contributed by atoms with Crippen molar-refractivity contribution in [2.24, 2.45) is 0 Å². The largest absolute Gasteiger partial charge is 0.339 e. The highest BCUT2D eigenvalue weighted by Gasteiger charge is 2.48. The molecule has 1 aliphatic carbocycles. The number of rotatable bonds is 4. The first-order valence-electron chi connectivity index (χ1n) is 10.9. The Balaban J connectivity index is 1.61. The Bertz CT molecular complexity index is 1200. The van der Waals surface area contributed by atoms with Crippen LogP contribution in [0.3, 0.4) is 0 Å². The molecule has 172 valence electrons. The fourth-order valence-corrected chi connectivity index (χ4v) is 4.75. The van der Waals surface area contributed by atoms with Gasteiger partial charge in [-0.05, 0) is 37.1 Å². The third kappa shape index (κ3) is 3.63. The molecule has 2 unspecified atom stereocenters. The highest BCUT2D eigenvalue weighted by atomic mass is 19.3. The lowest BCUT2D eigenvalue weighted by Gasteiger charge is -2.43. The van der Waals surface area contributed by atoms with Crippen LogP contribution in [-0.2, 0) is 4.79 Å². The van der Waals surface area contributed by atoms with Gasteiger partial charge in [0, 0.05) is 43.9 Å². The number of hydrogen-bond donors (Lipinski definition) is 0. The number of likely N-dealkylation sites (N-methyl/N-ethyl adjacent to an activating group) is 1. The summed E-state index contributed by atoms with van der Waals surface area (Å²) in [4.78, 5) is 29.8. The number of fused-ring (bicyclic) bond motifs is 1. The summed E-state index contributed by atoms with van der Waals surface area (Å²) in [5.41, 5.74) is 1.15. The van der Waals surface area contributed by atoms with Crippen molar-refractivity contribution in [3.8, 4) is 17.3 Å². The van der Waals surface area contributed by atoms with E-state index in [0.29, 0.717) is 29.3 Å². The fourth-order valence-electron chi connectivity index (χ4n) is 4.75. The molecule has 0 bridgehead atoms. The van der Waals surface area contributed by atoms with E-state index < -0.39 is 18.0 Å². The van der Waals surface area contributed by atoms with E-state index in [9.17, 15) is 18.0 Å². The number of nitrogens with zero attached hydrogens (tertiary/aromatic N) is 6. The van der Waals surface area contributed by atoms with E-state index >= 15 is 0 Å². The van der Waals surface area contributed by atoms with E-state index in [1.54, 1.807) is 41.0 Å². The number of imidazole rings is 1. The smallest absolute Gasteiger partial charge is 0.250 e. The lowest BCUT2D eigenvalue weighted by Crippen LogP contribution is -2.56. The standard InChI is InChI=1S/C23H23F3N6O/c1-3-17-21(33)30(2)18-13-28-22(29-20(18)32(17)16-8-9-23(25,26)12-16)31-11-10-27-19(31)14-4-6-15(24)7-5-14/h4-7,10-11,13,16-17H,3,8-9,12H2,1-2H3. The lowest BCUT2D eigenvalue weighted by atomic mass is 10.0. The number of carbonyl (C=O) groups is 1. The molecule has 1 fully saturated rings. The number of carbonyl (C=O) groups excluding carboxylic acids is 1. The number of halogens is 3. The molecule has 0 radical (unpaired) electrons. The zero-order chi connectivity index (χ0) is 23.3. The first-order valence-corrected chi connectivity index (χ1v) is 10.9. The summed E-state index contributed by atoms with van der Waals surface area (Å²) >= 11 is 0. The second-order valence-corrected chi connectivity index (χ2v) is 8.49. The Morgan fingerprint density at radius 3 is 2.61 bits per heavy atom. The van der Waals surface area contributed by atoms with E-state index in [1.165, 1.54) is 23.2 Å². The quantitative estimate of drug-likeness (QED) is 0.588. The first kappa shape index (κ1) is 21.4. The molecule has 5 rings (SSSR count). The number of hydrogen-bond acceptors (Lipinski definition) is 5. The number of aromatic nitrogens is 4.